The van der Waals surface area contributed by atoms with Crippen LogP contribution in [-0.4, -0.2) is 31.9 Å². The fraction of sp³-hybridized carbons (Fsp3) is 0.316. The first-order valence-corrected chi connectivity index (χ1v) is 7.75. The van der Waals surface area contributed by atoms with Gasteiger partial charge in [-0.3, -0.25) is 0 Å². The number of hydrogen-bond donors (Lipinski definition) is 0. The Hall–Kier alpha value is -2.49. The predicted molar refractivity (Wildman–Crippen MR) is 94.4 cm³/mol. The van der Waals surface area contributed by atoms with Gasteiger partial charge < -0.3 is 14.5 Å². The Labute approximate surface area is 138 Å². The summed E-state index contributed by atoms with van der Waals surface area (Å²) in [5, 5.41) is 6.00. The Morgan fingerprint density at radius 1 is 1.04 bits per heavy atom. The Kier molecular flexibility index (Phi) is 6.03. The molecule has 2 aromatic rings. The molecule has 23 heavy (non-hydrogen) atoms. The molecule has 0 spiro atoms. The maximum absolute atomic E-state index is 5.96. The van der Waals surface area contributed by atoms with E-state index in [0.29, 0.717) is 13.2 Å². The van der Waals surface area contributed by atoms with Crippen molar-refractivity contribution in [1.29, 1.82) is 0 Å². The molecule has 122 valence electrons. The standard InChI is InChI=1S/C19H24N2O2/c1-5-22-19-12-16(13-20-21(3)4)10-11-18(19)23-14-17-9-7-6-8-15(17)2/h6-13H,5,14H2,1-4H3/b20-13-. The van der Waals surface area contributed by atoms with Crippen LogP contribution in [0.3, 0.4) is 0 Å². The summed E-state index contributed by atoms with van der Waals surface area (Å²) < 4.78 is 11.7. The molecule has 2 aromatic carbocycles. The van der Waals surface area contributed by atoms with Crippen molar-refractivity contribution in [3.05, 3.63) is 59.2 Å². The van der Waals surface area contributed by atoms with Crippen molar-refractivity contribution in [3.8, 4) is 11.5 Å². The lowest BCUT2D eigenvalue weighted by Crippen LogP contribution is -2.03. The first kappa shape index (κ1) is 16.9. The maximum Gasteiger partial charge on any atom is 0.161 e. The quantitative estimate of drug-likeness (QED) is 0.575. The molecule has 0 amide bonds. The molecule has 0 radical (unpaired) electrons. The molecule has 0 saturated carbocycles. The van der Waals surface area contributed by atoms with E-state index in [9.17, 15) is 0 Å². The Bertz CT molecular complexity index is 666. The van der Waals surface area contributed by atoms with Crippen LogP contribution in [0.15, 0.2) is 47.6 Å². The van der Waals surface area contributed by atoms with Crippen molar-refractivity contribution in [2.45, 2.75) is 20.5 Å². The number of aryl methyl sites for hydroxylation is 1. The molecule has 0 fully saturated rings. The van der Waals surface area contributed by atoms with Crippen LogP contribution in [0.4, 0.5) is 0 Å². The van der Waals surface area contributed by atoms with E-state index in [2.05, 4.69) is 24.2 Å². The second kappa shape index (κ2) is 8.22. The zero-order valence-corrected chi connectivity index (χ0v) is 14.2. The first-order valence-electron chi connectivity index (χ1n) is 7.75. The van der Waals surface area contributed by atoms with E-state index in [0.717, 1.165) is 17.1 Å². The lowest BCUT2D eigenvalue weighted by Gasteiger charge is -2.13. The van der Waals surface area contributed by atoms with Crippen LogP contribution in [0.1, 0.15) is 23.6 Å². The smallest absolute Gasteiger partial charge is 0.161 e. The molecule has 0 N–H and O–H groups in total. The summed E-state index contributed by atoms with van der Waals surface area (Å²) >= 11 is 0. The Morgan fingerprint density at radius 2 is 1.83 bits per heavy atom. The third-order valence-corrected chi connectivity index (χ3v) is 3.35. The number of rotatable bonds is 7. The zero-order valence-electron chi connectivity index (χ0n) is 14.2. The van der Waals surface area contributed by atoms with Crippen LogP contribution in [0.2, 0.25) is 0 Å². The van der Waals surface area contributed by atoms with Crippen molar-refractivity contribution in [1.82, 2.24) is 5.01 Å². The minimum atomic E-state index is 0.526. The third-order valence-electron chi connectivity index (χ3n) is 3.35. The van der Waals surface area contributed by atoms with E-state index >= 15 is 0 Å². The van der Waals surface area contributed by atoms with Gasteiger partial charge in [0.2, 0.25) is 0 Å². The SMILES string of the molecule is CCOc1cc(/C=N\N(C)C)ccc1OCc1ccccc1C. The fourth-order valence-electron chi connectivity index (χ4n) is 2.10. The summed E-state index contributed by atoms with van der Waals surface area (Å²) in [7, 11) is 3.78. The van der Waals surface area contributed by atoms with Crippen molar-refractivity contribution in [2.24, 2.45) is 5.10 Å². The zero-order chi connectivity index (χ0) is 16.7. The van der Waals surface area contributed by atoms with Gasteiger partial charge in [0.15, 0.2) is 11.5 Å². The minimum Gasteiger partial charge on any atom is -0.490 e. The maximum atomic E-state index is 5.96. The van der Waals surface area contributed by atoms with Gasteiger partial charge in [-0.15, -0.1) is 0 Å². The van der Waals surface area contributed by atoms with Gasteiger partial charge >= 0.3 is 0 Å². The number of hydrogen-bond acceptors (Lipinski definition) is 4. The van der Waals surface area contributed by atoms with Gasteiger partial charge in [0.1, 0.15) is 6.61 Å². The monoisotopic (exact) mass is 312 g/mol. The molecule has 0 bridgehead atoms. The average molecular weight is 312 g/mol. The molecular formula is C19H24N2O2. The van der Waals surface area contributed by atoms with Crippen LogP contribution >= 0.6 is 0 Å². The fourth-order valence-corrected chi connectivity index (χ4v) is 2.10. The number of nitrogens with zero attached hydrogens (tertiary/aromatic N) is 2. The van der Waals surface area contributed by atoms with Crippen molar-refractivity contribution in [3.63, 3.8) is 0 Å². The summed E-state index contributed by atoms with van der Waals surface area (Å²) in [5.41, 5.74) is 3.37. The van der Waals surface area contributed by atoms with Crippen LogP contribution in [-0.2, 0) is 6.61 Å². The van der Waals surface area contributed by atoms with E-state index in [1.54, 1.807) is 11.2 Å². The van der Waals surface area contributed by atoms with Gasteiger partial charge in [0.05, 0.1) is 12.8 Å². The highest BCUT2D eigenvalue weighted by molar-refractivity contribution is 5.80. The highest BCUT2D eigenvalue weighted by Gasteiger charge is 2.07. The molecule has 0 aliphatic carbocycles. The topological polar surface area (TPSA) is 34.1 Å². The minimum absolute atomic E-state index is 0.526. The van der Waals surface area contributed by atoms with Crippen molar-refractivity contribution >= 4 is 6.21 Å². The lowest BCUT2D eigenvalue weighted by molar-refractivity contribution is 0.269. The van der Waals surface area contributed by atoms with Crippen LogP contribution in [0.5, 0.6) is 11.5 Å². The first-order chi connectivity index (χ1) is 11.1. The van der Waals surface area contributed by atoms with Gasteiger partial charge in [0, 0.05) is 14.1 Å². The second-order valence-corrected chi connectivity index (χ2v) is 5.45. The van der Waals surface area contributed by atoms with Crippen LogP contribution in [0, 0.1) is 6.92 Å². The molecule has 0 aliphatic heterocycles. The number of benzene rings is 2. The van der Waals surface area contributed by atoms with Gasteiger partial charge in [0.25, 0.3) is 0 Å². The summed E-state index contributed by atoms with van der Waals surface area (Å²) in [6.45, 7) is 5.17. The van der Waals surface area contributed by atoms with Gasteiger partial charge in [-0.2, -0.15) is 5.10 Å². The normalized spacial score (nSPS) is 10.8. The van der Waals surface area contributed by atoms with E-state index < -0.39 is 0 Å². The predicted octanol–water partition coefficient (Wildman–Crippen LogP) is 3.87. The molecule has 0 unspecified atom stereocenters. The summed E-state index contributed by atoms with van der Waals surface area (Å²) in [6.07, 6.45) is 1.80. The second-order valence-electron chi connectivity index (χ2n) is 5.45. The molecule has 0 aliphatic rings. The Morgan fingerprint density at radius 3 is 2.52 bits per heavy atom. The van der Waals surface area contributed by atoms with E-state index in [-0.39, 0.29) is 0 Å². The summed E-state index contributed by atoms with van der Waals surface area (Å²) in [5.74, 6) is 1.49. The van der Waals surface area contributed by atoms with Crippen LogP contribution < -0.4 is 9.47 Å². The number of ether oxygens (including phenoxy) is 2. The van der Waals surface area contributed by atoms with Gasteiger partial charge in [-0.1, -0.05) is 24.3 Å². The van der Waals surface area contributed by atoms with Crippen LogP contribution in [0.25, 0.3) is 0 Å². The lowest BCUT2D eigenvalue weighted by atomic mass is 10.1. The summed E-state index contributed by atoms with van der Waals surface area (Å²) in [6, 6.07) is 14.1. The molecule has 0 aromatic heterocycles. The van der Waals surface area contributed by atoms with Crippen molar-refractivity contribution < 1.29 is 9.47 Å². The van der Waals surface area contributed by atoms with E-state index in [1.165, 1.54) is 11.1 Å². The Balaban J connectivity index is 2.15. The van der Waals surface area contributed by atoms with Crippen molar-refractivity contribution in [2.75, 3.05) is 20.7 Å². The number of hydrazone groups is 1. The molecule has 0 heterocycles. The van der Waals surface area contributed by atoms with Gasteiger partial charge in [-0.05, 0) is 48.7 Å². The van der Waals surface area contributed by atoms with E-state index in [1.807, 2.05) is 51.4 Å². The third kappa shape index (κ3) is 5.02. The molecule has 2 rings (SSSR count). The molecule has 0 saturated heterocycles. The highest BCUT2D eigenvalue weighted by Crippen LogP contribution is 2.29. The highest BCUT2D eigenvalue weighted by atomic mass is 16.5. The molecule has 4 heteroatoms. The molecule has 4 nitrogen and oxygen atoms in total. The molecule has 0 atom stereocenters. The van der Waals surface area contributed by atoms with E-state index in [4.69, 9.17) is 9.47 Å². The molecular weight excluding hydrogens is 288 g/mol. The average Bonchev–Trinajstić information content (AvgIpc) is 2.53. The largest absolute Gasteiger partial charge is 0.490 e. The van der Waals surface area contributed by atoms with Gasteiger partial charge in [-0.25, -0.2) is 0 Å². The summed E-state index contributed by atoms with van der Waals surface area (Å²) in [4.78, 5) is 0.